The summed E-state index contributed by atoms with van der Waals surface area (Å²) in [5, 5.41) is 12.9. The van der Waals surface area contributed by atoms with E-state index in [0.717, 1.165) is 38.5 Å². The summed E-state index contributed by atoms with van der Waals surface area (Å²) in [4.78, 5) is 11.0. The molecule has 22 heavy (non-hydrogen) atoms. The van der Waals surface area contributed by atoms with E-state index in [-0.39, 0.29) is 5.92 Å². The van der Waals surface area contributed by atoms with Gasteiger partial charge in [0.25, 0.3) is 0 Å². The minimum Gasteiger partial charge on any atom is -0.481 e. The maximum atomic E-state index is 11.0. The van der Waals surface area contributed by atoms with Crippen molar-refractivity contribution in [3.8, 4) is 0 Å². The lowest BCUT2D eigenvalue weighted by molar-refractivity contribution is -0.142. The average Bonchev–Trinajstić information content (AvgIpc) is 2.54. The highest BCUT2D eigenvalue weighted by molar-refractivity contribution is 5.70. The third-order valence-corrected chi connectivity index (χ3v) is 4.81. The molecule has 1 fully saturated rings. The number of aliphatic carboxylic acids is 1. The molecule has 122 valence electrons. The highest BCUT2D eigenvalue weighted by Gasteiger charge is 2.26. The Balaban J connectivity index is 1.78. The fourth-order valence-corrected chi connectivity index (χ4v) is 3.49. The number of rotatable bonds is 8. The zero-order chi connectivity index (χ0) is 15.8. The van der Waals surface area contributed by atoms with Crippen LogP contribution in [-0.2, 0) is 11.2 Å². The third-order valence-electron chi connectivity index (χ3n) is 4.81. The van der Waals surface area contributed by atoms with Crippen LogP contribution in [0.15, 0.2) is 30.3 Å². The Hall–Kier alpha value is -1.35. The van der Waals surface area contributed by atoms with Crippen molar-refractivity contribution in [2.45, 2.75) is 70.4 Å². The van der Waals surface area contributed by atoms with E-state index in [1.807, 2.05) is 0 Å². The van der Waals surface area contributed by atoms with Crippen molar-refractivity contribution in [3.63, 3.8) is 0 Å². The number of carboxylic acid groups (broad SMARTS) is 1. The Morgan fingerprint density at radius 2 is 1.86 bits per heavy atom. The average molecular weight is 303 g/mol. The Kier molecular flexibility index (Phi) is 6.91. The molecule has 1 saturated carbocycles. The van der Waals surface area contributed by atoms with Crippen LogP contribution < -0.4 is 5.32 Å². The van der Waals surface area contributed by atoms with Gasteiger partial charge in [0.05, 0.1) is 5.92 Å². The monoisotopic (exact) mass is 303 g/mol. The topological polar surface area (TPSA) is 49.3 Å². The molecule has 0 heterocycles. The van der Waals surface area contributed by atoms with Crippen LogP contribution >= 0.6 is 0 Å². The first-order valence-electron chi connectivity index (χ1n) is 8.71. The summed E-state index contributed by atoms with van der Waals surface area (Å²) in [7, 11) is 0. The molecule has 0 spiro atoms. The van der Waals surface area contributed by atoms with E-state index < -0.39 is 5.97 Å². The molecule has 1 aliphatic rings. The summed E-state index contributed by atoms with van der Waals surface area (Å²) >= 11 is 0. The zero-order valence-corrected chi connectivity index (χ0v) is 13.6. The van der Waals surface area contributed by atoms with Gasteiger partial charge in [0.15, 0.2) is 0 Å². The maximum absolute atomic E-state index is 11.0. The standard InChI is InChI=1S/C19H29NO2/c1-2-6-17(12-9-15-7-4-3-5-8-15)20-18-13-10-16(11-14-18)19(21)22/h3-5,7-8,16-18,20H,2,6,9-14H2,1H3,(H,21,22). The highest BCUT2D eigenvalue weighted by Crippen LogP contribution is 2.25. The van der Waals surface area contributed by atoms with Crippen LogP contribution in [0.5, 0.6) is 0 Å². The minimum atomic E-state index is -0.618. The second kappa shape index (κ2) is 8.94. The van der Waals surface area contributed by atoms with Crippen molar-refractivity contribution >= 4 is 5.97 Å². The summed E-state index contributed by atoms with van der Waals surface area (Å²) in [6, 6.07) is 11.7. The molecule has 0 amide bonds. The molecule has 1 unspecified atom stereocenters. The summed E-state index contributed by atoms with van der Waals surface area (Å²) in [6.45, 7) is 2.23. The van der Waals surface area contributed by atoms with E-state index in [1.54, 1.807) is 0 Å². The van der Waals surface area contributed by atoms with E-state index in [2.05, 4.69) is 42.6 Å². The van der Waals surface area contributed by atoms with Gasteiger partial charge < -0.3 is 10.4 Å². The van der Waals surface area contributed by atoms with Gasteiger partial charge in [-0.05, 0) is 50.5 Å². The van der Waals surface area contributed by atoms with Crippen molar-refractivity contribution in [2.24, 2.45) is 5.92 Å². The van der Waals surface area contributed by atoms with Crippen molar-refractivity contribution in [1.29, 1.82) is 0 Å². The van der Waals surface area contributed by atoms with E-state index in [9.17, 15) is 4.79 Å². The SMILES string of the molecule is CCCC(CCc1ccccc1)NC1CCC(C(=O)O)CC1. The van der Waals surface area contributed by atoms with E-state index in [0.29, 0.717) is 12.1 Å². The third kappa shape index (κ3) is 5.45. The number of aryl methyl sites for hydroxylation is 1. The van der Waals surface area contributed by atoms with Gasteiger partial charge >= 0.3 is 5.97 Å². The molecule has 2 N–H and O–H groups in total. The molecule has 3 nitrogen and oxygen atoms in total. The van der Waals surface area contributed by atoms with Gasteiger partial charge in [-0.2, -0.15) is 0 Å². The molecular formula is C19H29NO2. The largest absolute Gasteiger partial charge is 0.481 e. The molecule has 0 aliphatic heterocycles. The van der Waals surface area contributed by atoms with Crippen LogP contribution in [0.2, 0.25) is 0 Å². The molecule has 0 bridgehead atoms. The molecule has 1 aliphatic carbocycles. The van der Waals surface area contributed by atoms with E-state index >= 15 is 0 Å². The normalized spacial score (nSPS) is 23.1. The number of benzene rings is 1. The highest BCUT2D eigenvalue weighted by atomic mass is 16.4. The fourth-order valence-electron chi connectivity index (χ4n) is 3.49. The number of carbonyl (C=O) groups is 1. The van der Waals surface area contributed by atoms with E-state index in [1.165, 1.54) is 18.4 Å². The Bertz CT molecular complexity index is 438. The molecular weight excluding hydrogens is 274 g/mol. The number of hydrogen-bond donors (Lipinski definition) is 2. The van der Waals surface area contributed by atoms with Gasteiger partial charge in [-0.15, -0.1) is 0 Å². The van der Waals surface area contributed by atoms with Gasteiger partial charge in [0.2, 0.25) is 0 Å². The first kappa shape index (κ1) is 17.0. The Labute approximate surface area is 134 Å². The molecule has 1 aromatic carbocycles. The number of hydrogen-bond acceptors (Lipinski definition) is 2. The summed E-state index contributed by atoms with van der Waals surface area (Å²) in [5.74, 6) is -0.736. The van der Waals surface area contributed by atoms with Crippen LogP contribution in [0.3, 0.4) is 0 Å². The lowest BCUT2D eigenvalue weighted by Crippen LogP contribution is -2.41. The van der Waals surface area contributed by atoms with Gasteiger partial charge in [-0.3, -0.25) is 4.79 Å². The molecule has 3 heteroatoms. The minimum absolute atomic E-state index is 0.119. The summed E-state index contributed by atoms with van der Waals surface area (Å²) < 4.78 is 0. The Morgan fingerprint density at radius 1 is 1.18 bits per heavy atom. The van der Waals surface area contributed by atoms with E-state index in [4.69, 9.17) is 5.11 Å². The molecule has 1 atom stereocenters. The summed E-state index contributed by atoms with van der Waals surface area (Å²) in [6.07, 6.45) is 8.32. The van der Waals surface area contributed by atoms with Crippen LogP contribution in [-0.4, -0.2) is 23.2 Å². The van der Waals surface area contributed by atoms with Gasteiger partial charge in [0.1, 0.15) is 0 Å². The lowest BCUT2D eigenvalue weighted by atomic mass is 9.85. The smallest absolute Gasteiger partial charge is 0.306 e. The van der Waals surface area contributed by atoms with Crippen LogP contribution in [0.1, 0.15) is 57.4 Å². The maximum Gasteiger partial charge on any atom is 0.306 e. The van der Waals surface area contributed by atoms with Crippen molar-refractivity contribution in [1.82, 2.24) is 5.32 Å². The first-order valence-corrected chi connectivity index (χ1v) is 8.71. The number of carboxylic acids is 1. The van der Waals surface area contributed by atoms with Gasteiger partial charge in [-0.25, -0.2) is 0 Å². The first-order chi connectivity index (χ1) is 10.7. The van der Waals surface area contributed by atoms with Crippen molar-refractivity contribution in [3.05, 3.63) is 35.9 Å². The second-order valence-electron chi connectivity index (χ2n) is 6.56. The molecule has 0 radical (unpaired) electrons. The van der Waals surface area contributed by atoms with Crippen LogP contribution in [0.4, 0.5) is 0 Å². The zero-order valence-electron chi connectivity index (χ0n) is 13.6. The van der Waals surface area contributed by atoms with Crippen molar-refractivity contribution in [2.75, 3.05) is 0 Å². The molecule has 2 rings (SSSR count). The molecule has 0 saturated heterocycles. The van der Waals surface area contributed by atoms with Gasteiger partial charge in [-0.1, -0.05) is 43.7 Å². The van der Waals surface area contributed by atoms with Gasteiger partial charge in [0, 0.05) is 12.1 Å². The van der Waals surface area contributed by atoms with Crippen molar-refractivity contribution < 1.29 is 9.90 Å². The lowest BCUT2D eigenvalue weighted by Gasteiger charge is -2.31. The predicted octanol–water partition coefficient (Wildman–Crippen LogP) is 4.02. The summed E-state index contributed by atoms with van der Waals surface area (Å²) in [5.41, 5.74) is 1.40. The second-order valence-corrected chi connectivity index (χ2v) is 6.56. The number of nitrogens with one attached hydrogen (secondary N) is 1. The fraction of sp³-hybridized carbons (Fsp3) is 0.632. The van der Waals surface area contributed by atoms with Crippen LogP contribution in [0.25, 0.3) is 0 Å². The Morgan fingerprint density at radius 3 is 2.45 bits per heavy atom. The predicted molar refractivity (Wildman–Crippen MR) is 90.0 cm³/mol. The quantitative estimate of drug-likeness (QED) is 0.762. The van der Waals surface area contributed by atoms with Crippen LogP contribution in [0, 0.1) is 5.92 Å². The molecule has 1 aromatic rings. The molecule has 0 aromatic heterocycles.